The van der Waals surface area contributed by atoms with Gasteiger partial charge >= 0.3 is 0 Å². The Labute approximate surface area is 203 Å². The van der Waals surface area contributed by atoms with Crippen molar-refractivity contribution in [3.63, 3.8) is 0 Å². The Kier molecular flexibility index (Phi) is 9.42. The second-order valence-corrected chi connectivity index (χ2v) is 11.0. The van der Waals surface area contributed by atoms with Gasteiger partial charge < -0.3 is 10.2 Å². The van der Waals surface area contributed by atoms with E-state index in [9.17, 15) is 22.4 Å². The molecule has 0 heterocycles. The maximum absolute atomic E-state index is 13.7. The number of hydrogen-bond donors (Lipinski definition) is 1. The van der Waals surface area contributed by atoms with Gasteiger partial charge in [0.15, 0.2) is 0 Å². The Morgan fingerprint density at radius 3 is 2.33 bits per heavy atom. The molecule has 33 heavy (non-hydrogen) atoms. The molecule has 0 saturated heterocycles. The quantitative estimate of drug-likeness (QED) is 0.498. The third-order valence-corrected chi connectivity index (χ3v) is 6.50. The predicted molar refractivity (Wildman–Crippen MR) is 131 cm³/mol. The Balaban J connectivity index is 2.36. The molecule has 0 radical (unpaired) electrons. The maximum Gasteiger partial charge on any atom is 0.244 e. The number of carbonyl (C=O) groups is 2. The van der Waals surface area contributed by atoms with Gasteiger partial charge in [0.25, 0.3) is 0 Å². The van der Waals surface area contributed by atoms with Crippen LogP contribution in [0.2, 0.25) is 0 Å². The second-order valence-electron chi connectivity index (χ2n) is 8.22. The molecule has 1 N–H and O–H groups in total. The summed E-state index contributed by atoms with van der Waals surface area (Å²) < 4.78 is 40.3. The zero-order chi connectivity index (χ0) is 24.8. The number of halogens is 2. The van der Waals surface area contributed by atoms with E-state index in [1.807, 2.05) is 32.0 Å². The van der Waals surface area contributed by atoms with Crippen molar-refractivity contribution in [2.24, 2.45) is 5.92 Å². The number of carbonyl (C=O) groups excluding carboxylic acids is 2. The molecule has 0 aromatic heterocycles. The number of benzene rings is 2. The summed E-state index contributed by atoms with van der Waals surface area (Å²) in [4.78, 5) is 27.4. The lowest BCUT2D eigenvalue weighted by Gasteiger charge is -2.31. The third-order valence-electron chi connectivity index (χ3n) is 4.87. The average Bonchev–Trinajstić information content (AvgIpc) is 2.72. The highest BCUT2D eigenvalue weighted by Crippen LogP contribution is 2.20. The van der Waals surface area contributed by atoms with Crippen molar-refractivity contribution < 1.29 is 22.4 Å². The molecular formula is C23H29BrFN3O4S. The third kappa shape index (κ3) is 8.12. The van der Waals surface area contributed by atoms with E-state index in [1.165, 1.54) is 23.1 Å². The molecule has 7 nitrogen and oxygen atoms in total. The molecule has 10 heteroatoms. The van der Waals surface area contributed by atoms with E-state index in [-0.39, 0.29) is 24.1 Å². The molecule has 0 unspecified atom stereocenters. The van der Waals surface area contributed by atoms with Crippen LogP contribution in [-0.2, 0) is 26.2 Å². The van der Waals surface area contributed by atoms with Crippen molar-refractivity contribution in [2.45, 2.75) is 33.4 Å². The second kappa shape index (κ2) is 11.6. The standard InChI is InChI=1S/C23H29BrFN3O4S/c1-16(2)13-26-23(30)17(3)27(14-18-7-5-8-19(24)11-18)22(29)15-28(33(4,31)32)21-10-6-9-20(25)12-21/h5-12,16-17H,13-15H2,1-4H3,(H,26,30)/t17-/m1/s1. The van der Waals surface area contributed by atoms with Gasteiger partial charge in [-0.25, -0.2) is 12.8 Å². The van der Waals surface area contributed by atoms with E-state index in [0.29, 0.717) is 6.54 Å². The van der Waals surface area contributed by atoms with Crippen LogP contribution in [0.1, 0.15) is 26.3 Å². The summed E-state index contributed by atoms with van der Waals surface area (Å²) in [6.45, 7) is 5.48. The molecule has 0 aliphatic rings. The van der Waals surface area contributed by atoms with E-state index in [1.54, 1.807) is 13.0 Å². The van der Waals surface area contributed by atoms with Gasteiger partial charge in [0.05, 0.1) is 11.9 Å². The summed E-state index contributed by atoms with van der Waals surface area (Å²) in [5.74, 6) is -1.33. The Morgan fingerprint density at radius 2 is 1.76 bits per heavy atom. The van der Waals surface area contributed by atoms with Crippen molar-refractivity contribution in [1.82, 2.24) is 10.2 Å². The van der Waals surface area contributed by atoms with Crippen LogP contribution in [0, 0.1) is 11.7 Å². The summed E-state index contributed by atoms with van der Waals surface area (Å²) in [6, 6.07) is 11.4. The van der Waals surface area contributed by atoms with E-state index < -0.39 is 34.3 Å². The fraction of sp³-hybridized carbons (Fsp3) is 0.391. The SMILES string of the molecule is CC(C)CNC(=O)[C@@H](C)N(Cc1cccc(Br)c1)C(=O)CN(c1cccc(F)c1)S(C)(=O)=O. The van der Waals surface area contributed by atoms with E-state index in [2.05, 4.69) is 21.2 Å². The molecule has 0 aliphatic carbocycles. The molecule has 0 bridgehead atoms. The normalized spacial score (nSPS) is 12.3. The predicted octanol–water partition coefficient (Wildman–Crippen LogP) is 3.54. The lowest BCUT2D eigenvalue weighted by atomic mass is 10.1. The first kappa shape index (κ1) is 26.8. The first-order valence-corrected chi connectivity index (χ1v) is 13.1. The molecule has 0 saturated carbocycles. The molecule has 2 rings (SSSR count). The minimum Gasteiger partial charge on any atom is -0.354 e. The van der Waals surface area contributed by atoms with E-state index in [0.717, 1.165) is 26.7 Å². The van der Waals surface area contributed by atoms with Gasteiger partial charge in [-0.15, -0.1) is 0 Å². The van der Waals surface area contributed by atoms with Crippen molar-refractivity contribution in [3.8, 4) is 0 Å². The van der Waals surface area contributed by atoms with Gasteiger partial charge in [0.2, 0.25) is 21.8 Å². The van der Waals surface area contributed by atoms with Gasteiger partial charge in [-0.3, -0.25) is 13.9 Å². The molecule has 180 valence electrons. The smallest absolute Gasteiger partial charge is 0.244 e. The minimum absolute atomic E-state index is 0.0326. The molecule has 2 aromatic carbocycles. The highest BCUT2D eigenvalue weighted by atomic mass is 79.9. The van der Waals surface area contributed by atoms with Gasteiger partial charge in [0, 0.05) is 17.6 Å². The summed E-state index contributed by atoms with van der Waals surface area (Å²) in [5.41, 5.74) is 0.795. The van der Waals surface area contributed by atoms with Crippen LogP contribution >= 0.6 is 15.9 Å². The number of nitrogens with one attached hydrogen (secondary N) is 1. The lowest BCUT2D eigenvalue weighted by Crippen LogP contribution is -2.51. The summed E-state index contributed by atoms with van der Waals surface area (Å²) >= 11 is 3.39. The monoisotopic (exact) mass is 541 g/mol. The van der Waals surface area contributed by atoms with Crippen molar-refractivity contribution in [2.75, 3.05) is 23.7 Å². The summed E-state index contributed by atoms with van der Waals surface area (Å²) in [5, 5.41) is 2.81. The van der Waals surface area contributed by atoms with E-state index in [4.69, 9.17) is 0 Å². The van der Waals surface area contributed by atoms with Crippen molar-refractivity contribution in [3.05, 3.63) is 64.4 Å². The number of anilines is 1. The maximum atomic E-state index is 13.7. The van der Waals surface area contributed by atoms with Gasteiger partial charge in [0.1, 0.15) is 18.4 Å². The van der Waals surface area contributed by atoms with Gasteiger partial charge in [-0.05, 0) is 48.7 Å². The number of hydrogen-bond acceptors (Lipinski definition) is 4. The Bertz CT molecular complexity index is 1090. The van der Waals surface area contributed by atoms with E-state index >= 15 is 0 Å². The molecular weight excluding hydrogens is 513 g/mol. The van der Waals surface area contributed by atoms with Crippen LogP contribution in [0.15, 0.2) is 53.0 Å². The number of sulfonamides is 1. The van der Waals surface area contributed by atoms with Crippen LogP contribution in [0.3, 0.4) is 0 Å². The zero-order valence-electron chi connectivity index (χ0n) is 19.1. The number of amides is 2. The fourth-order valence-corrected chi connectivity index (χ4v) is 4.40. The Hall–Kier alpha value is -2.46. The molecule has 0 aliphatic heterocycles. The molecule has 0 spiro atoms. The van der Waals surface area contributed by atoms with Crippen molar-refractivity contribution >= 4 is 43.5 Å². The average molecular weight is 542 g/mol. The van der Waals surface area contributed by atoms with Gasteiger partial charge in [-0.2, -0.15) is 0 Å². The van der Waals surface area contributed by atoms with Crippen LogP contribution in [0.5, 0.6) is 0 Å². The summed E-state index contributed by atoms with van der Waals surface area (Å²) in [7, 11) is -3.90. The highest BCUT2D eigenvalue weighted by molar-refractivity contribution is 9.10. The van der Waals surface area contributed by atoms with Crippen LogP contribution in [0.25, 0.3) is 0 Å². The lowest BCUT2D eigenvalue weighted by molar-refractivity contribution is -0.139. The highest BCUT2D eigenvalue weighted by Gasteiger charge is 2.30. The minimum atomic E-state index is -3.90. The molecule has 2 aromatic rings. The largest absolute Gasteiger partial charge is 0.354 e. The molecule has 2 amide bonds. The van der Waals surface area contributed by atoms with Gasteiger partial charge in [-0.1, -0.05) is 48.0 Å². The number of nitrogens with zero attached hydrogens (tertiary/aromatic N) is 2. The van der Waals surface area contributed by atoms with Crippen molar-refractivity contribution in [1.29, 1.82) is 0 Å². The zero-order valence-corrected chi connectivity index (χ0v) is 21.5. The molecule has 1 atom stereocenters. The number of rotatable bonds is 10. The molecule has 0 fully saturated rings. The van der Waals surface area contributed by atoms with Crippen LogP contribution < -0.4 is 9.62 Å². The first-order valence-electron chi connectivity index (χ1n) is 10.4. The fourth-order valence-electron chi connectivity index (χ4n) is 3.11. The summed E-state index contributed by atoms with van der Waals surface area (Å²) in [6.07, 6.45) is 0.947. The van der Waals surface area contributed by atoms with Crippen LogP contribution in [-0.4, -0.2) is 50.5 Å². The Morgan fingerprint density at radius 1 is 1.09 bits per heavy atom. The topological polar surface area (TPSA) is 86.8 Å². The first-order chi connectivity index (χ1) is 15.4. The van der Waals surface area contributed by atoms with Crippen LogP contribution in [0.4, 0.5) is 10.1 Å².